The quantitative estimate of drug-likeness (QED) is 0.609. The first-order chi connectivity index (χ1) is 4.88. The molecule has 1 aromatic rings. The van der Waals surface area contributed by atoms with Crippen molar-refractivity contribution < 1.29 is 0 Å². The third-order valence-electron chi connectivity index (χ3n) is 1.65. The molecule has 1 heteroatoms. The standard InChI is InChI=1S/C9H11S/c1-2-8-5-3-4-6-9(8)7-10/h3-6H,2,7H2,1H3. The van der Waals surface area contributed by atoms with E-state index < -0.39 is 0 Å². The van der Waals surface area contributed by atoms with E-state index in [0.717, 1.165) is 12.2 Å². The van der Waals surface area contributed by atoms with E-state index in [2.05, 4.69) is 25.1 Å². The van der Waals surface area contributed by atoms with Gasteiger partial charge in [0.25, 0.3) is 0 Å². The maximum absolute atomic E-state index is 4.97. The van der Waals surface area contributed by atoms with Gasteiger partial charge in [0.15, 0.2) is 0 Å². The van der Waals surface area contributed by atoms with E-state index in [1.54, 1.807) is 0 Å². The summed E-state index contributed by atoms with van der Waals surface area (Å²) in [4.78, 5) is 0. The van der Waals surface area contributed by atoms with Crippen molar-refractivity contribution in [2.24, 2.45) is 0 Å². The van der Waals surface area contributed by atoms with Crippen molar-refractivity contribution in [1.29, 1.82) is 0 Å². The number of aryl methyl sites for hydroxylation is 1. The van der Waals surface area contributed by atoms with Gasteiger partial charge in [-0.2, -0.15) is 0 Å². The largest absolute Gasteiger partial charge is 0.0890 e. The molecule has 0 nitrogen and oxygen atoms in total. The molecule has 0 atom stereocenters. The van der Waals surface area contributed by atoms with Crippen molar-refractivity contribution in [3.05, 3.63) is 35.4 Å². The molecule has 0 N–H and O–H groups in total. The Bertz CT molecular complexity index is 183. The van der Waals surface area contributed by atoms with Crippen molar-refractivity contribution in [1.82, 2.24) is 0 Å². The molecule has 1 rings (SSSR count). The van der Waals surface area contributed by atoms with Gasteiger partial charge in [-0.15, -0.1) is 0 Å². The van der Waals surface area contributed by atoms with E-state index in [-0.39, 0.29) is 0 Å². The fraction of sp³-hybridized carbons (Fsp3) is 0.333. The zero-order valence-corrected chi connectivity index (χ0v) is 6.95. The Morgan fingerprint density at radius 3 is 2.20 bits per heavy atom. The maximum Gasteiger partial charge on any atom is 0.0291 e. The summed E-state index contributed by atoms with van der Waals surface area (Å²) in [7, 11) is 0. The molecule has 0 saturated heterocycles. The Hall–Kier alpha value is -0.430. The zero-order chi connectivity index (χ0) is 7.40. The molecular weight excluding hydrogens is 140 g/mol. The predicted molar refractivity (Wildman–Crippen MR) is 47.1 cm³/mol. The second kappa shape index (κ2) is 3.67. The van der Waals surface area contributed by atoms with Gasteiger partial charge in [-0.05, 0) is 17.5 Å². The summed E-state index contributed by atoms with van der Waals surface area (Å²) in [5, 5.41) is 0. The molecule has 0 amide bonds. The molecule has 0 bridgehead atoms. The highest BCUT2D eigenvalue weighted by atomic mass is 32.1. The lowest BCUT2D eigenvalue weighted by molar-refractivity contribution is 1.10. The number of hydrogen-bond donors (Lipinski definition) is 0. The first-order valence-corrected chi connectivity index (χ1v) is 4.11. The van der Waals surface area contributed by atoms with Crippen LogP contribution in [-0.2, 0) is 12.2 Å². The minimum atomic E-state index is 0.740. The molecule has 0 aliphatic carbocycles. The molecule has 10 heavy (non-hydrogen) atoms. The normalized spacial score (nSPS) is 9.80. The molecule has 1 radical (unpaired) electrons. The van der Waals surface area contributed by atoms with Crippen molar-refractivity contribution in [2.75, 3.05) is 0 Å². The molecule has 53 valence electrons. The highest BCUT2D eigenvalue weighted by molar-refractivity contribution is 7.79. The van der Waals surface area contributed by atoms with Gasteiger partial charge in [0.05, 0.1) is 0 Å². The number of rotatable bonds is 2. The van der Waals surface area contributed by atoms with Crippen LogP contribution in [0.25, 0.3) is 0 Å². The van der Waals surface area contributed by atoms with Crippen LogP contribution in [0.3, 0.4) is 0 Å². The monoisotopic (exact) mass is 151 g/mol. The first-order valence-electron chi connectivity index (χ1n) is 3.53. The lowest BCUT2D eigenvalue weighted by Crippen LogP contribution is -1.86. The molecular formula is C9H11S. The highest BCUT2D eigenvalue weighted by Crippen LogP contribution is 2.10. The number of hydrogen-bond acceptors (Lipinski definition) is 0. The Morgan fingerprint density at radius 1 is 1.20 bits per heavy atom. The minimum absolute atomic E-state index is 0.740. The SMILES string of the molecule is CCc1ccccc1C[S]. The fourth-order valence-electron chi connectivity index (χ4n) is 1.04. The van der Waals surface area contributed by atoms with Gasteiger partial charge in [-0.3, -0.25) is 0 Å². The van der Waals surface area contributed by atoms with Crippen molar-refractivity contribution in [2.45, 2.75) is 19.1 Å². The van der Waals surface area contributed by atoms with Crippen LogP contribution in [0.5, 0.6) is 0 Å². The van der Waals surface area contributed by atoms with Crippen LogP contribution in [0, 0.1) is 0 Å². The first kappa shape index (κ1) is 7.67. The Labute approximate surface area is 67.7 Å². The van der Waals surface area contributed by atoms with E-state index in [1.165, 1.54) is 11.1 Å². The van der Waals surface area contributed by atoms with E-state index in [0.29, 0.717) is 0 Å². The van der Waals surface area contributed by atoms with Gasteiger partial charge in [-0.25, -0.2) is 0 Å². The summed E-state index contributed by atoms with van der Waals surface area (Å²) in [5.41, 5.74) is 2.69. The average molecular weight is 151 g/mol. The van der Waals surface area contributed by atoms with E-state index >= 15 is 0 Å². The molecule has 0 saturated carbocycles. The predicted octanol–water partition coefficient (Wildman–Crippen LogP) is 2.95. The van der Waals surface area contributed by atoms with Gasteiger partial charge in [0, 0.05) is 5.75 Å². The van der Waals surface area contributed by atoms with Crippen LogP contribution in [0.4, 0.5) is 0 Å². The molecule has 1 aromatic carbocycles. The van der Waals surface area contributed by atoms with Crippen LogP contribution in [-0.4, -0.2) is 0 Å². The molecule has 0 heterocycles. The zero-order valence-electron chi connectivity index (χ0n) is 6.13. The van der Waals surface area contributed by atoms with E-state index in [1.807, 2.05) is 6.07 Å². The summed E-state index contributed by atoms with van der Waals surface area (Å²) in [6.45, 7) is 2.16. The average Bonchev–Trinajstić information content (AvgIpc) is 2.04. The second-order valence-corrected chi connectivity index (χ2v) is 2.56. The van der Waals surface area contributed by atoms with Crippen molar-refractivity contribution in [3.8, 4) is 0 Å². The second-order valence-electron chi connectivity index (χ2n) is 2.27. The maximum atomic E-state index is 4.97. The lowest BCUT2D eigenvalue weighted by Gasteiger charge is -2.01. The fourth-order valence-corrected chi connectivity index (χ4v) is 1.32. The third-order valence-corrected chi connectivity index (χ3v) is 1.97. The summed E-state index contributed by atoms with van der Waals surface area (Å²) in [5.74, 6) is 0.740. The van der Waals surface area contributed by atoms with Crippen molar-refractivity contribution in [3.63, 3.8) is 0 Å². The Kier molecular flexibility index (Phi) is 2.82. The summed E-state index contributed by atoms with van der Waals surface area (Å²) >= 11 is 4.97. The van der Waals surface area contributed by atoms with Crippen LogP contribution >= 0.6 is 12.6 Å². The van der Waals surface area contributed by atoms with E-state index in [4.69, 9.17) is 12.6 Å². The molecule has 0 fully saturated rings. The minimum Gasteiger partial charge on any atom is -0.0890 e. The van der Waals surface area contributed by atoms with Gasteiger partial charge < -0.3 is 0 Å². The molecule has 0 spiro atoms. The lowest BCUT2D eigenvalue weighted by atomic mass is 10.1. The highest BCUT2D eigenvalue weighted by Gasteiger charge is 1.94. The summed E-state index contributed by atoms with van der Waals surface area (Å²) in [6.07, 6.45) is 1.09. The van der Waals surface area contributed by atoms with Gasteiger partial charge in [0.2, 0.25) is 0 Å². The van der Waals surface area contributed by atoms with Crippen LogP contribution < -0.4 is 0 Å². The van der Waals surface area contributed by atoms with Crippen LogP contribution in [0.15, 0.2) is 24.3 Å². The topological polar surface area (TPSA) is 0 Å². The Morgan fingerprint density at radius 2 is 1.80 bits per heavy atom. The molecule has 0 aliphatic heterocycles. The summed E-state index contributed by atoms with van der Waals surface area (Å²) in [6, 6.07) is 8.35. The third kappa shape index (κ3) is 1.54. The van der Waals surface area contributed by atoms with Crippen molar-refractivity contribution >= 4 is 12.6 Å². The molecule has 0 aliphatic rings. The number of benzene rings is 1. The van der Waals surface area contributed by atoms with Gasteiger partial charge >= 0.3 is 0 Å². The van der Waals surface area contributed by atoms with Gasteiger partial charge in [0.1, 0.15) is 0 Å². The summed E-state index contributed by atoms with van der Waals surface area (Å²) < 4.78 is 0. The van der Waals surface area contributed by atoms with Crippen LogP contribution in [0.1, 0.15) is 18.1 Å². The molecule has 0 aromatic heterocycles. The molecule has 0 unspecified atom stereocenters. The smallest absolute Gasteiger partial charge is 0.0291 e. The Balaban J connectivity index is 2.96. The van der Waals surface area contributed by atoms with Gasteiger partial charge in [-0.1, -0.05) is 43.8 Å². The van der Waals surface area contributed by atoms with E-state index in [9.17, 15) is 0 Å². The van der Waals surface area contributed by atoms with Crippen LogP contribution in [0.2, 0.25) is 0 Å².